The van der Waals surface area contributed by atoms with Crippen molar-refractivity contribution in [3.05, 3.63) is 0 Å². The maximum absolute atomic E-state index is 11.6. The molecule has 0 aromatic heterocycles. The van der Waals surface area contributed by atoms with E-state index in [2.05, 4.69) is 32.8 Å². The minimum absolute atomic E-state index is 0.114. The summed E-state index contributed by atoms with van der Waals surface area (Å²) in [6.07, 6.45) is 4.90. The van der Waals surface area contributed by atoms with Gasteiger partial charge >= 0.3 is 0 Å². The standard InChI is InChI=1S/C13H25NO/c1-10(15)13(2,3)11-6-8-12(9-7-11)14(4)5/h11-12H,6-9H2,1-5H3/t11-,12+. The van der Waals surface area contributed by atoms with Crippen LogP contribution in [-0.2, 0) is 4.79 Å². The third-order valence-electron chi connectivity index (χ3n) is 4.36. The lowest BCUT2D eigenvalue weighted by Crippen LogP contribution is -2.38. The minimum atomic E-state index is -0.114. The lowest BCUT2D eigenvalue weighted by molar-refractivity contribution is -0.128. The average Bonchev–Trinajstić information content (AvgIpc) is 2.17. The summed E-state index contributed by atoms with van der Waals surface area (Å²) in [7, 11) is 4.31. The molecule has 0 heterocycles. The highest BCUT2D eigenvalue weighted by molar-refractivity contribution is 5.81. The minimum Gasteiger partial charge on any atom is -0.306 e. The predicted octanol–water partition coefficient (Wildman–Crippen LogP) is 2.72. The molecule has 0 aliphatic heterocycles. The fourth-order valence-electron chi connectivity index (χ4n) is 2.60. The highest BCUT2D eigenvalue weighted by atomic mass is 16.1. The summed E-state index contributed by atoms with van der Waals surface area (Å²) in [5.41, 5.74) is -0.114. The third kappa shape index (κ3) is 2.81. The van der Waals surface area contributed by atoms with Crippen LogP contribution in [0, 0.1) is 11.3 Å². The van der Waals surface area contributed by atoms with Crippen LogP contribution in [0.5, 0.6) is 0 Å². The van der Waals surface area contributed by atoms with E-state index in [1.807, 2.05) is 0 Å². The van der Waals surface area contributed by atoms with Gasteiger partial charge < -0.3 is 4.90 Å². The van der Waals surface area contributed by atoms with Gasteiger partial charge in [0, 0.05) is 11.5 Å². The van der Waals surface area contributed by atoms with Crippen molar-refractivity contribution >= 4 is 5.78 Å². The number of hydrogen-bond donors (Lipinski definition) is 0. The smallest absolute Gasteiger partial charge is 0.135 e. The maximum atomic E-state index is 11.6. The zero-order valence-electron chi connectivity index (χ0n) is 10.8. The SMILES string of the molecule is CC(=O)C(C)(C)[C@H]1CC[C@@H](N(C)C)CC1. The second-order valence-corrected chi connectivity index (χ2v) is 5.75. The lowest BCUT2D eigenvalue weighted by atomic mass is 9.68. The van der Waals surface area contributed by atoms with Gasteiger partial charge in [-0.3, -0.25) is 4.79 Å². The van der Waals surface area contributed by atoms with E-state index in [9.17, 15) is 4.79 Å². The largest absolute Gasteiger partial charge is 0.306 e. The zero-order valence-corrected chi connectivity index (χ0v) is 10.8. The van der Waals surface area contributed by atoms with E-state index in [0.717, 1.165) is 6.04 Å². The van der Waals surface area contributed by atoms with Crippen LogP contribution in [0.15, 0.2) is 0 Å². The van der Waals surface area contributed by atoms with Gasteiger partial charge in [-0.1, -0.05) is 13.8 Å². The van der Waals surface area contributed by atoms with Crippen LogP contribution >= 0.6 is 0 Å². The molecule has 0 saturated heterocycles. The van der Waals surface area contributed by atoms with Crippen molar-refractivity contribution in [1.82, 2.24) is 4.90 Å². The van der Waals surface area contributed by atoms with Crippen LogP contribution in [0.2, 0.25) is 0 Å². The number of Topliss-reactive ketones (excluding diaryl/α,β-unsaturated/α-hetero) is 1. The van der Waals surface area contributed by atoms with Crippen molar-refractivity contribution in [3.8, 4) is 0 Å². The monoisotopic (exact) mass is 211 g/mol. The van der Waals surface area contributed by atoms with Crippen molar-refractivity contribution in [2.24, 2.45) is 11.3 Å². The van der Waals surface area contributed by atoms with Gasteiger partial charge in [-0.2, -0.15) is 0 Å². The molecule has 0 bridgehead atoms. The number of hydrogen-bond acceptors (Lipinski definition) is 2. The Balaban J connectivity index is 2.54. The summed E-state index contributed by atoms with van der Waals surface area (Å²) in [6.45, 7) is 5.95. The summed E-state index contributed by atoms with van der Waals surface area (Å²) in [5.74, 6) is 0.932. The molecule has 1 aliphatic rings. The van der Waals surface area contributed by atoms with E-state index in [0.29, 0.717) is 11.7 Å². The van der Waals surface area contributed by atoms with Gasteiger partial charge in [0.05, 0.1) is 0 Å². The third-order valence-corrected chi connectivity index (χ3v) is 4.36. The van der Waals surface area contributed by atoms with E-state index in [-0.39, 0.29) is 5.41 Å². The van der Waals surface area contributed by atoms with Crippen molar-refractivity contribution < 1.29 is 4.79 Å². The first-order chi connectivity index (χ1) is 6.85. The van der Waals surface area contributed by atoms with Crippen LogP contribution < -0.4 is 0 Å². The predicted molar refractivity (Wildman–Crippen MR) is 63.9 cm³/mol. The maximum Gasteiger partial charge on any atom is 0.135 e. The highest BCUT2D eigenvalue weighted by Crippen LogP contribution is 2.39. The Morgan fingerprint density at radius 3 is 1.93 bits per heavy atom. The Morgan fingerprint density at radius 1 is 1.13 bits per heavy atom. The van der Waals surface area contributed by atoms with E-state index >= 15 is 0 Å². The van der Waals surface area contributed by atoms with Gasteiger partial charge in [0.1, 0.15) is 5.78 Å². The molecule has 1 saturated carbocycles. The van der Waals surface area contributed by atoms with Crippen molar-refractivity contribution in [1.29, 1.82) is 0 Å². The second-order valence-electron chi connectivity index (χ2n) is 5.75. The molecule has 1 aliphatic carbocycles. The molecule has 1 fully saturated rings. The van der Waals surface area contributed by atoms with Gasteiger partial charge in [-0.05, 0) is 52.6 Å². The van der Waals surface area contributed by atoms with E-state index in [1.165, 1.54) is 25.7 Å². The Bertz CT molecular complexity index is 225. The molecule has 0 atom stereocenters. The first-order valence-corrected chi connectivity index (χ1v) is 6.03. The topological polar surface area (TPSA) is 20.3 Å². The number of carbonyl (C=O) groups excluding carboxylic acids is 1. The highest BCUT2D eigenvalue weighted by Gasteiger charge is 2.36. The fourth-order valence-corrected chi connectivity index (χ4v) is 2.60. The Labute approximate surface area is 94.0 Å². The van der Waals surface area contributed by atoms with E-state index in [4.69, 9.17) is 0 Å². The fraction of sp³-hybridized carbons (Fsp3) is 0.923. The molecule has 0 radical (unpaired) electrons. The molecular weight excluding hydrogens is 186 g/mol. The van der Waals surface area contributed by atoms with Gasteiger partial charge in [-0.25, -0.2) is 0 Å². The number of nitrogens with zero attached hydrogens (tertiary/aromatic N) is 1. The van der Waals surface area contributed by atoms with Gasteiger partial charge in [0.2, 0.25) is 0 Å². The van der Waals surface area contributed by atoms with Crippen LogP contribution in [0.25, 0.3) is 0 Å². The molecular formula is C13H25NO. The molecule has 0 aromatic rings. The molecule has 88 valence electrons. The quantitative estimate of drug-likeness (QED) is 0.715. The molecule has 0 N–H and O–H groups in total. The summed E-state index contributed by atoms with van der Waals surface area (Å²) < 4.78 is 0. The van der Waals surface area contributed by atoms with Gasteiger partial charge in [-0.15, -0.1) is 0 Å². The van der Waals surface area contributed by atoms with Crippen molar-refractivity contribution in [2.75, 3.05) is 14.1 Å². The van der Waals surface area contributed by atoms with E-state index in [1.54, 1.807) is 6.92 Å². The molecule has 0 unspecified atom stereocenters. The molecule has 0 spiro atoms. The van der Waals surface area contributed by atoms with Crippen LogP contribution in [0.4, 0.5) is 0 Å². The van der Waals surface area contributed by atoms with Gasteiger partial charge in [0.25, 0.3) is 0 Å². The summed E-state index contributed by atoms with van der Waals surface area (Å²) in [6, 6.07) is 0.726. The Hall–Kier alpha value is -0.370. The average molecular weight is 211 g/mol. The molecule has 2 nitrogen and oxygen atoms in total. The normalized spacial score (nSPS) is 28.1. The van der Waals surface area contributed by atoms with Crippen LogP contribution in [0.1, 0.15) is 46.5 Å². The second kappa shape index (κ2) is 4.65. The number of ketones is 1. The molecule has 0 amide bonds. The lowest BCUT2D eigenvalue weighted by Gasteiger charge is -2.39. The first kappa shape index (κ1) is 12.7. The summed E-state index contributed by atoms with van der Waals surface area (Å²) in [4.78, 5) is 13.9. The van der Waals surface area contributed by atoms with Gasteiger partial charge in [0.15, 0.2) is 0 Å². The number of carbonyl (C=O) groups is 1. The zero-order chi connectivity index (χ0) is 11.6. The van der Waals surface area contributed by atoms with Crippen LogP contribution in [-0.4, -0.2) is 30.8 Å². The van der Waals surface area contributed by atoms with Crippen molar-refractivity contribution in [2.45, 2.75) is 52.5 Å². The number of rotatable bonds is 3. The van der Waals surface area contributed by atoms with Crippen molar-refractivity contribution in [3.63, 3.8) is 0 Å². The van der Waals surface area contributed by atoms with E-state index < -0.39 is 0 Å². The summed E-state index contributed by atoms with van der Waals surface area (Å²) >= 11 is 0. The molecule has 1 rings (SSSR count). The Morgan fingerprint density at radius 2 is 1.60 bits per heavy atom. The molecule has 0 aromatic carbocycles. The first-order valence-electron chi connectivity index (χ1n) is 6.03. The molecule has 15 heavy (non-hydrogen) atoms. The van der Waals surface area contributed by atoms with Crippen LogP contribution in [0.3, 0.4) is 0 Å². The molecule has 2 heteroatoms. The Kier molecular flexibility index (Phi) is 3.93. The summed E-state index contributed by atoms with van der Waals surface area (Å²) in [5, 5.41) is 0.